The number of carbonyl (C=O) groups excluding carboxylic acids is 3. The summed E-state index contributed by atoms with van der Waals surface area (Å²) >= 11 is 1.40. The van der Waals surface area contributed by atoms with Crippen molar-refractivity contribution >= 4 is 62.2 Å². The number of anilines is 4. The molecular weight excluding hydrogens is 884 g/mol. The minimum Gasteiger partial charge on any atom is -0.490 e. The number of nitrogens with zero attached hydrogens (tertiary/aromatic N) is 7. The van der Waals surface area contributed by atoms with Crippen LogP contribution in [-0.4, -0.2) is 114 Å². The summed E-state index contributed by atoms with van der Waals surface area (Å²) in [5.74, 6) is 0.161. The highest BCUT2D eigenvalue weighted by molar-refractivity contribution is 7.92. The zero-order valence-electron chi connectivity index (χ0n) is 37.5. The van der Waals surface area contributed by atoms with Crippen LogP contribution in [0.1, 0.15) is 76.3 Å². The number of benzene rings is 2. The number of thiazole rings is 1. The van der Waals surface area contributed by atoms with Crippen molar-refractivity contribution in [1.82, 2.24) is 35.1 Å². The van der Waals surface area contributed by atoms with Gasteiger partial charge in [0.25, 0.3) is 0 Å². The molecule has 3 saturated heterocycles. The SMILES string of the molecule is CCCS(=O)(=O)Nc1cccc(-c2nc(C(C)(C)C)sc2-c2ccnc(Nc3cccc(OC4CCN(C(=O)CN5CCN(c6cc([C@H]7CCC(=O)NC7=O)ccn6)CC5)CC4)c3)n2)c1F. The Morgan fingerprint density at radius 1 is 0.939 bits per heavy atom. The molecule has 6 heterocycles. The van der Waals surface area contributed by atoms with Crippen LogP contribution in [0, 0.1) is 5.82 Å². The van der Waals surface area contributed by atoms with Crippen LogP contribution in [0.4, 0.5) is 27.5 Å². The van der Waals surface area contributed by atoms with Gasteiger partial charge in [0, 0.05) is 93.7 Å². The van der Waals surface area contributed by atoms with Gasteiger partial charge in [0.05, 0.1) is 45.2 Å². The molecule has 16 nitrogen and oxygen atoms in total. The van der Waals surface area contributed by atoms with E-state index in [-0.39, 0.29) is 52.2 Å². The van der Waals surface area contributed by atoms with E-state index in [0.717, 1.165) is 16.4 Å². The van der Waals surface area contributed by atoms with Gasteiger partial charge in [0.2, 0.25) is 33.7 Å². The summed E-state index contributed by atoms with van der Waals surface area (Å²) in [5, 5.41) is 6.48. The Morgan fingerprint density at radius 3 is 2.44 bits per heavy atom. The third kappa shape index (κ3) is 11.1. The number of aromatic nitrogens is 4. The molecule has 3 aliphatic rings. The number of carbonyl (C=O) groups is 3. The lowest BCUT2D eigenvalue weighted by Gasteiger charge is -2.37. The van der Waals surface area contributed by atoms with Crippen molar-refractivity contribution in [2.75, 3.05) is 66.5 Å². The second-order valence-electron chi connectivity index (χ2n) is 17.9. The maximum absolute atomic E-state index is 16.1. The number of pyridine rings is 1. The highest BCUT2D eigenvalue weighted by Gasteiger charge is 2.31. The Balaban J connectivity index is 0.853. The molecule has 3 N–H and O–H groups in total. The van der Waals surface area contributed by atoms with Crippen LogP contribution < -0.4 is 25.0 Å². The summed E-state index contributed by atoms with van der Waals surface area (Å²) in [7, 11) is -3.73. The maximum atomic E-state index is 16.1. The fourth-order valence-electron chi connectivity index (χ4n) is 8.28. The summed E-state index contributed by atoms with van der Waals surface area (Å²) in [6, 6.07) is 17.6. The standard InChI is InChI=1S/C47H55FN10O6S2/c1-5-26-66(62,63)55-36-11-7-10-35(41(36)48)42-43(65-45(54-42)47(2,3)4)37-15-19-50-46(52-37)51-31-8-6-9-33(28-31)64-32-16-20-58(21-17-32)40(60)29-56-22-24-57(25-23-56)38-27-30(14-18-49-38)34-12-13-39(59)53-44(34)61/h6-11,14-15,18-19,27-28,32,34,55H,5,12-13,16-17,20-26,29H2,1-4H3,(H,50,51,52)(H,53,59,61)/t34-/m1/s1. The average Bonchev–Trinajstić information content (AvgIpc) is 3.74. The number of likely N-dealkylation sites (tertiary alicyclic amines) is 1. The van der Waals surface area contributed by atoms with E-state index >= 15 is 4.39 Å². The molecule has 19 heteroatoms. The van der Waals surface area contributed by atoms with E-state index in [1.807, 2.05) is 62.1 Å². The van der Waals surface area contributed by atoms with Gasteiger partial charge >= 0.3 is 0 Å². The molecule has 0 unspecified atom stereocenters. The van der Waals surface area contributed by atoms with Crippen molar-refractivity contribution < 1.29 is 31.9 Å². The van der Waals surface area contributed by atoms with Gasteiger partial charge in [-0.05, 0) is 60.9 Å². The number of hydrogen-bond acceptors (Lipinski definition) is 14. The van der Waals surface area contributed by atoms with Crippen LogP contribution in [-0.2, 0) is 29.8 Å². The van der Waals surface area contributed by atoms with Gasteiger partial charge in [-0.25, -0.2) is 32.7 Å². The van der Waals surface area contributed by atoms with Crippen LogP contribution in [0.5, 0.6) is 5.75 Å². The van der Waals surface area contributed by atoms with E-state index in [4.69, 9.17) is 14.7 Å². The van der Waals surface area contributed by atoms with E-state index in [2.05, 4.69) is 35.1 Å². The number of amides is 3. The first kappa shape index (κ1) is 46.5. The topological polar surface area (TPSA) is 192 Å². The van der Waals surface area contributed by atoms with Gasteiger partial charge in [-0.1, -0.05) is 39.8 Å². The quantitative estimate of drug-likeness (QED) is 0.0998. The average molecular weight is 939 g/mol. The fourth-order valence-corrected chi connectivity index (χ4v) is 10.5. The fraction of sp³-hybridized carbons (Fsp3) is 0.426. The second-order valence-corrected chi connectivity index (χ2v) is 20.7. The summed E-state index contributed by atoms with van der Waals surface area (Å²) < 4.78 is 50.0. The summed E-state index contributed by atoms with van der Waals surface area (Å²) in [6.45, 7) is 12.2. The molecule has 0 radical (unpaired) electrons. The highest BCUT2D eigenvalue weighted by atomic mass is 32.2. The van der Waals surface area contributed by atoms with Crippen molar-refractivity contribution in [2.24, 2.45) is 0 Å². The second kappa shape index (κ2) is 19.8. The number of halogens is 1. The lowest BCUT2D eigenvalue weighted by Crippen LogP contribution is -2.51. The van der Waals surface area contributed by atoms with E-state index in [1.54, 1.807) is 37.5 Å². The van der Waals surface area contributed by atoms with Crippen molar-refractivity contribution in [3.8, 4) is 27.6 Å². The molecule has 0 aliphatic carbocycles. The Hall–Kier alpha value is -6.05. The van der Waals surface area contributed by atoms with Gasteiger partial charge < -0.3 is 19.9 Å². The molecule has 348 valence electrons. The molecule has 0 bridgehead atoms. The minimum absolute atomic E-state index is 0.0709. The first-order valence-electron chi connectivity index (χ1n) is 22.3. The molecular formula is C47H55FN10O6S2. The number of imide groups is 1. The Bertz CT molecular complexity index is 2690. The van der Waals surface area contributed by atoms with Crippen molar-refractivity contribution in [3.05, 3.63) is 89.4 Å². The van der Waals surface area contributed by atoms with E-state index < -0.39 is 15.8 Å². The first-order chi connectivity index (χ1) is 31.6. The van der Waals surface area contributed by atoms with Gasteiger partial charge in [0.1, 0.15) is 17.7 Å². The third-order valence-corrected chi connectivity index (χ3v) is 14.8. The highest BCUT2D eigenvalue weighted by Crippen LogP contribution is 2.42. The number of hydrogen-bond donors (Lipinski definition) is 3. The lowest BCUT2D eigenvalue weighted by atomic mass is 9.91. The molecule has 0 spiro atoms. The van der Waals surface area contributed by atoms with Crippen LogP contribution in [0.2, 0.25) is 0 Å². The van der Waals surface area contributed by atoms with E-state index in [1.165, 1.54) is 17.4 Å². The molecule has 2 aromatic carbocycles. The van der Waals surface area contributed by atoms with Gasteiger partial charge in [-0.15, -0.1) is 11.3 Å². The van der Waals surface area contributed by atoms with Gasteiger partial charge in [0.15, 0.2) is 5.82 Å². The normalized spacial score (nSPS) is 17.7. The minimum atomic E-state index is -3.73. The van der Waals surface area contributed by atoms with Gasteiger partial charge in [-0.3, -0.25) is 29.3 Å². The Morgan fingerprint density at radius 2 is 1.70 bits per heavy atom. The predicted molar refractivity (Wildman–Crippen MR) is 253 cm³/mol. The lowest BCUT2D eigenvalue weighted by molar-refractivity contribution is -0.135. The number of piperazine rings is 1. The zero-order valence-corrected chi connectivity index (χ0v) is 39.2. The molecule has 5 aromatic rings. The molecule has 0 saturated carbocycles. The third-order valence-electron chi connectivity index (χ3n) is 11.8. The monoisotopic (exact) mass is 938 g/mol. The molecule has 8 rings (SSSR count). The Labute approximate surface area is 388 Å². The largest absolute Gasteiger partial charge is 0.490 e. The van der Waals surface area contributed by atoms with Crippen LogP contribution >= 0.6 is 11.3 Å². The van der Waals surface area contributed by atoms with Gasteiger partial charge in [-0.2, -0.15) is 0 Å². The molecule has 3 fully saturated rings. The smallest absolute Gasteiger partial charge is 0.236 e. The zero-order chi connectivity index (χ0) is 46.6. The van der Waals surface area contributed by atoms with Crippen LogP contribution in [0.25, 0.3) is 21.8 Å². The van der Waals surface area contributed by atoms with E-state index in [0.29, 0.717) is 112 Å². The van der Waals surface area contributed by atoms with Crippen molar-refractivity contribution in [3.63, 3.8) is 0 Å². The maximum Gasteiger partial charge on any atom is 0.236 e. The predicted octanol–water partition coefficient (Wildman–Crippen LogP) is 6.71. The van der Waals surface area contributed by atoms with Crippen molar-refractivity contribution in [1.29, 1.82) is 0 Å². The summed E-state index contributed by atoms with van der Waals surface area (Å²) in [6.07, 6.45) is 5.86. The molecule has 3 aromatic heterocycles. The van der Waals surface area contributed by atoms with E-state index in [9.17, 15) is 22.8 Å². The van der Waals surface area contributed by atoms with Crippen LogP contribution in [0.3, 0.4) is 0 Å². The molecule has 3 aliphatic heterocycles. The first-order valence-corrected chi connectivity index (χ1v) is 24.8. The molecule has 3 amide bonds. The number of piperidine rings is 2. The van der Waals surface area contributed by atoms with Crippen molar-refractivity contribution in [2.45, 2.75) is 77.2 Å². The molecule has 66 heavy (non-hydrogen) atoms. The summed E-state index contributed by atoms with van der Waals surface area (Å²) in [4.78, 5) is 63.1. The number of ether oxygens (including phenoxy) is 1. The number of sulfonamides is 1. The molecule has 1 atom stereocenters. The Kier molecular flexibility index (Phi) is 14.0. The summed E-state index contributed by atoms with van der Waals surface area (Å²) in [5.41, 5.74) is 2.09. The number of rotatable bonds is 14. The number of nitrogens with one attached hydrogen (secondary N) is 3. The van der Waals surface area contributed by atoms with Crippen LogP contribution in [0.15, 0.2) is 73.1 Å².